The number of unbranched alkanes of at least 4 members (excludes halogenated alkanes) is 1. The van der Waals surface area contributed by atoms with E-state index in [0.29, 0.717) is 30.2 Å². The average molecular weight is 311 g/mol. The molecule has 22 heavy (non-hydrogen) atoms. The molecule has 0 aromatic heterocycles. The minimum Gasteiger partial charge on any atom is -0.493 e. The summed E-state index contributed by atoms with van der Waals surface area (Å²) < 4.78 is 15.9. The van der Waals surface area contributed by atoms with Gasteiger partial charge in [0.05, 0.1) is 21.3 Å². The van der Waals surface area contributed by atoms with Crippen molar-refractivity contribution >= 4 is 5.97 Å². The van der Waals surface area contributed by atoms with Gasteiger partial charge in [0.25, 0.3) is 0 Å². The zero-order valence-corrected chi connectivity index (χ0v) is 13.6. The molecule has 2 N–H and O–H groups in total. The third-order valence-electron chi connectivity index (χ3n) is 3.47. The molecule has 1 aromatic carbocycles. The van der Waals surface area contributed by atoms with Crippen LogP contribution < -0.4 is 19.5 Å². The van der Waals surface area contributed by atoms with E-state index in [1.807, 2.05) is 13.0 Å². The van der Waals surface area contributed by atoms with E-state index in [-0.39, 0.29) is 0 Å². The minimum atomic E-state index is -0.840. The summed E-state index contributed by atoms with van der Waals surface area (Å²) in [4.78, 5) is 11.3. The number of aliphatic carboxylic acids is 1. The molecule has 0 fully saturated rings. The van der Waals surface area contributed by atoms with Crippen LogP contribution in [0.4, 0.5) is 0 Å². The van der Waals surface area contributed by atoms with E-state index < -0.39 is 12.0 Å². The first-order valence-corrected chi connectivity index (χ1v) is 7.33. The van der Waals surface area contributed by atoms with Crippen LogP contribution in [0.3, 0.4) is 0 Å². The maximum Gasteiger partial charge on any atom is 0.320 e. The quantitative estimate of drug-likeness (QED) is 0.691. The van der Waals surface area contributed by atoms with E-state index >= 15 is 0 Å². The largest absolute Gasteiger partial charge is 0.493 e. The Kier molecular flexibility index (Phi) is 7.52. The molecule has 0 aliphatic carbocycles. The number of hydrogen-bond acceptors (Lipinski definition) is 5. The summed E-state index contributed by atoms with van der Waals surface area (Å²) in [5.41, 5.74) is 0.822. The van der Waals surface area contributed by atoms with Crippen molar-refractivity contribution in [1.29, 1.82) is 0 Å². The number of methoxy groups -OCH3 is 3. The molecule has 1 aromatic rings. The van der Waals surface area contributed by atoms with Crippen molar-refractivity contribution in [2.24, 2.45) is 0 Å². The SMILES string of the molecule is CCCC[C@H](NCc1ccc(OC)c(OC)c1OC)C(=O)O. The van der Waals surface area contributed by atoms with Gasteiger partial charge in [0, 0.05) is 12.1 Å². The number of benzene rings is 1. The standard InChI is InChI=1S/C16H25NO5/c1-5-6-7-12(16(18)19)17-10-11-8-9-13(20-2)15(22-4)14(11)21-3/h8-9,12,17H,5-7,10H2,1-4H3,(H,18,19)/t12-/m0/s1. The number of hydrogen-bond donors (Lipinski definition) is 2. The van der Waals surface area contributed by atoms with Gasteiger partial charge in [-0.3, -0.25) is 4.79 Å². The second-order valence-corrected chi connectivity index (χ2v) is 4.91. The molecule has 0 unspecified atom stereocenters. The normalized spacial score (nSPS) is 11.8. The smallest absolute Gasteiger partial charge is 0.320 e. The predicted molar refractivity (Wildman–Crippen MR) is 83.9 cm³/mol. The van der Waals surface area contributed by atoms with Gasteiger partial charge in [0.15, 0.2) is 11.5 Å². The fourth-order valence-electron chi connectivity index (χ4n) is 2.26. The molecular formula is C16H25NO5. The van der Waals surface area contributed by atoms with Gasteiger partial charge >= 0.3 is 5.97 Å². The molecule has 0 aliphatic rings. The molecule has 6 nitrogen and oxygen atoms in total. The summed E-state index contributed by atoms with van der Waals surface area (Å²) in [6.45, 7) is 2.42. The first-order valence-electron chi connectivity index (χ1n) is 7.33. The molecule has 1 rings (SSSR count). The lowest BCUT2D eigenvalue weighted by Gasteiger charge is -2.18. The van der Waals surface area contributed by atoms with Crippen LogP contribution in [0.1, 0.15) is 31.7 Å². The van der Waals surface area contributed by atoms with Crippen molar-refractivity contribution in [2.75, 3.05) is 21.3 Å². The molecule has 0 bridgehead atoms. The second-order valence-electron chi connectivity index (χ2n) is 4.91. The highest BCUT2D eigenvalue weighted by Crippen LogP contribution is 2.39. The van der Waals surface area contributed by atoms with E-state index in [9.17, 15) is 9.90 Å². The van der Waals surface area contributed by atoms with Crippen LogP contribution in [0.5, 0.6) is 17.2 Å². The van der Waals surface area contributed by atoms with E-state index in [1.165, 1.54) is 0 Å². The Morgan fingerprint density at radius 1 is 1.18 bits per heavy atom. The number of carboxylic acids is 1. The Morgan fingerprint density at radius 3 is 2.36 bits per heavy atom. The third kappa shape index (κ3) is 4.53. The van der Waals surface area contributed by atoms with Gasteiger partial charge in [0.1, 0.15) is 6.04 Å². The fraction of sp³-hybridized carbons (Fsp3) is 0.562. The molecule has 0 saturated carbocycles. The number of nitrogens with one attached hydrogen (secondary N) is 1. The molecule has 0 saturated heterocycles. The van der Waals surface area contributed by atoms with Gasteiger partial charge in [-0.2, -0.15) is 0 Å². The lowest BCUT2D eigenvalue weighted by Crippen LogP contribution is -2.36. The Morgan fingerprint density at radius 2 is 1.86 bits per heavy atom. The zero-order valence-electron chi connectivity index (χ0n) is 13.6. The molecule has 0 heterocycles. The lowest BCUT2D eigenvalue weighted by atomic mass is 10.1. The Balaban J connectivity index is 2.90. The Bertz CT molecular complexity index is 490. The lowest BCUT2D eigenvalue weighted by molar-refractivity contribution is -0.139. The van der Waals surface area contributed by atoms with Gasteiger partial charge in [-0.05, 0) is 12.5 Å². The van der Waals surface area contributed by atoms with E-state index in [1.54, 1.807) is 27.4 Å². The summed E-state index contributed by atoms with van der Waals surface area (Å²) in [5.74, 6) is 0.787. The van der Waals surface area contributed by atoms with Crippen molar-refractivity contribution in [3.8, 4) is 17.2 Å². The maximum atomic E-state index is 11.3. The van der Waals surface area contributed by atoms with Gasteiger partial charge < -0.3 is 24.6 Å². The van der Waals surface area contributed by atoms with Crippen molar-refractivity contribution in [1.82, 2.24) is 5.32 Å². The molecule has 1 atom stereocenters. The third-order valence-corrected chi connectivity index (χ3v) is 3.47. The number of rotatable bonds is 10. The van der Waals surface area contributed by atoms with Crippen LogP contribution in [0.25, 0.3) is 0 Å². The Labute approximate surface area is 131 Å². The van der Waals surface area contributed by atoms with Crippen molar-refractivity contribution in [3.05, 3.63) is 17.7 Å². The van der Waals surface area contributed by atoms with Crippen LogP contribution in [-0.4, -0.2) is 38.4 Å². The highest BCUT2D eigenvalue weighted by atomic mass is 16.5. The highest BCUT2D eigenvalue weighted by Gasteiger charge is 2.19. The molecule has 6 heteroatoms. The van der Waals surface area contributed by atoms with Gasteiger partial charge in [-0.1, -0.05) is 25.8 Å². The van der Waals surface area contributed by atoms with Crippen LogP contribution in [0, 0.1) is 0 Å². The zero-order chi connectivity index (χ0) is 16.5. The number of carboxylic acid groups (broad SMARTS) is 1. The molecule has 0 aliphatic heterocycles. The van der Waals surface area contributed by atoms with Crippen LogP contribution in [0.15, 0.2) is 12.1 Å². The van der Waals surface area contributed by atoms with Gasteiger partial charge in [-0.15, -0.1) is 0 Å². The summed E-state index contributed by atoms with van der Waals surface area (Å²) in [7, 11) is 4.64. The van der Waals surface area contributed by atoms with Crippen LogP contribution >= 0.6 is 0 Å². The number of carbonyl (C=O) groups is 1. The van der Waals surface area contributed by atoms with Crippen molar-refractivity contribution in [3.63, 3.8) is 0 Å². The Hall–Kier alpha value is -1.95. The fourth-order valence-corrected chi connectivity index (χ4v) is 2.26. The molecule has 0 amide bonds. The molecular weight excluding hydrogens is 286 g/mol. The van der Waals surface area contributed by atoms with Crippen molar-refractivity contribution in [2.45, 2.75) is 38.8 Å². The first kappa shape index (κ1) is 18.1. The van der Waals surface area contributed by atoms with E-state index in [2.05, 4.69) is 5.32 Å². The van der Waals surface area contributed by atoms with Crippen LogP contribution in [-0.2, 0) is 11.3 Å². The van der Waals surface area contributed by atoms with E-state index in [4.69, 9.17) is 14.2 Å². The summed E-state index contributed by atoms with van der Waals surface area (Å²) in [6, 6.07) is 3.05. The van der Waals surface area contributed by atoms with Gasteiger partial charge in [0.2, 0.25) is 5.75 Å². The van der Waals surface area contributed by atoms with Gasteiger partial charge in [-0.25, -0.2) is 0 Å². The molecule has 0 spiro atoms. The topological polar surface area (TPSA) is 77.0 Å². The molecule has 0 radical (unpaired) electrons. The van der Waals surface area contributed by atoms with Crippen LogP contribution in [0.2, 0.25) is 0 Å². The van der Waals surface area contributed by atoms with Crippen molar-refractivity contribution < 1.29 is 24.1 Å². The predicted octanol–water partition coefficient (Wildman–Crippen LogP) is 2.45. The summed E-state index contributed by atoms with van der Waals surface area (Å²) in [6.07, 6.45) is 2.43. The number of ether oxygens (including phenoxy) is 3. The minimum absolute atomic E-state index is 0.379. The summed E-state index contributed by atoms with van der Waals surface area (Å²) >= 11 is 0. The molecule has 124 valence electrons. The highest BCUT2D eigenvalue weighted by molar-refractivity contribution is 5.73. The van der Waals surface area contributed by atoms with E-state index in [0.717, 1.165) is 18.4 Å². The maximum absolute atomic E-state index is 11.3. The summed E-state index contributed by atoms with van der Waals surface area (Å²) in [5, 5.41) is 12.3. The monoisotopic (exact) mass is 311 g/mol. The average Bonchev–Trinajstić information content (AvgIpc) is 2.53. The second kappa shape index (κ2) is 9.15. The first-order chi connectivity index (χ1) is 10.6.